The Morgan fingerprint density at radius 1 is 0.833 bits per heavy atom. The lowest BCUT2D eigenvalue weighted by atomic mass is 9.86. The monoisotopic (exact) mass is 472 g/mol. The molecule has 6 rings (SSSR count). The van der Waals surface area contributed by atoms with Crippen molar-refractivity contribution in [1.82, 2.24) is 0 Å². The minimum Gasteiger partial charge on any atom is -0.455 e. The largest absolute Gasteiger partial charge is 0.455 e. The van der Waals surface area contributed by atoms with E-state index in [1.807, 2.05) is 0 Å². The van der Waals surface area contributed by atoms with E-state index in [2.05, 4.69) is 119 Å². The van der Waals surface area contributed by atoms with E-state index >= 15 is 0 Å². The van der Waals surface area contributed by atoms with Crippen molar-refractivity contribution in [3.05, 3.63) is 89.6 Å². The number of hydrogen-bond acceptors (Lipinski definition) is 1. The predicted molar refractivity (Wildman–Crippen MR) is 151 cm³/mol. The van der Waals surface area contributed by atoms with Crippen molar-refractivity contribution < 1.29 is 9.30 Å². The molecular weight excluding hydrogens is 438 g/mol. The number of ether oxygens (including phenoxy) is 1. The summed E-state index contributed by atoms with van der Waals surface area (Å²) < 4.78 is 9.21. The van der Waals surface area contributed by atoms with Crippen LogP contribution in [0, 0.1) is 12.8 Å². The first kappa shape index (κ1) is 22.8. The van der Waals surface area contributed by atoms with Crippen molar-refractivity contribution in [3.8, 4) is 33.9 Å². The van der Waals surface area contributed by atoms with Crippen LogP contribution in [0.3, 0.4) is 0 Å². The van der Waals surface area contributed by atoms with Crippen LogP contribution in [0.25, 0.3) is 43.9 Å². The molecule has 0 atom stereocenters. The summed E-state index contributed by atoms with van der Waals surface area (Å²) in [6.45, 7) is 11.3. The summed E-state index contributed by atoms with van der Waals surface area (Å²) in [6, 6.07) is 24.6. The zero-order valence-corrected chi connectivity index (χ0v) is 22.1. The number of nitrogens with zero attached hydrogens (tertiary/aromatic N) is 1. The molecule has 4 aromatic carbocycles. The average molecular weight is 473 g/mol. The van der Waals surface area contributed by atoms with E-state index in [1.165, 1.54) is 60.6 Å². The smallest absolute Gasteiger partial charge is 0.228 e. The fourth-order valence-electron chi connectivity index (χ4n) is 5.84. The van der Waals surface area contributed by atoms with Crippen LogP contribution in [0.5, 0.6) is 11.5 Å². The summed E-state index contributed by atoms with van der Waals surface area (Å²) >= 11 is 0. The Labute approximate surface area is 214 Å². The van der Waals surface area contributed by atoms with Crippen molar-refractivity contribution in [2.24, 2.45) is 13.0 Å². The van der Waals surface area contributed by atoms with E-state index in [1.54, 1.807) is 0 Å². The van der Waals surface area contributed by atoms with Gasteiger partial charge < -0.3 is 4.74 Å². The molecule has 0 spiro atoms. The molecule has 2 heterocycles. The molecule has 0 amide bonds. The van der Waals surface area contributed by atoms with Gasteiger partial charge in [-0.2, -0.15) is 0 Å². The van der Waals surface area contributed by atoms with Crippen LogP contribution in [0.15, 0.2) is 72.9 Å². The number of pyridine rings is 1. The summed E-state index contributed by atoms with van der Waals surface area (Å²) in [6.07, 6.45) is 3.17. The molecule has 180 valence electrons. The zero-order chi connectivity index (χ0) is 25.1. The highest BCUT2D eigenvalue weighted by Gasteiger charge is 2.33. The fourth-order valence-corrected chi connectivity index (χ4v) is 5.84. The molecule has 0 fully saturated rings. The second-order valence-corrected chi connectivity index (χ2v) is 11.0. The lowest BCUT2D eigenvalue weighted by molar-refractivity contribution is -0.659. The Balaban J connectivity index is 1.65. The predicted octanol–water partition coefficient (Wildman–Crippen LogP) is 8.89. The molecule has 1 aliphatic heterocycles. The molecule has 0 saturated heterocycles. The maximum atomic E-state index is 6.94. The van der Waals surface area contributed by atoms with Gasteiger partial charge in [-0.1, -0.05) is 76.2 Å². The van der Waals surface area contributed by atoms with Gasteiger partial charge in [-0.15, -0.1) is 0 Å². The molecule has 1 aliphatic rings. The van der Waals surface area contributed by atoms with E-state index in [0.29, 0.717) is 11.8 Å². The van der Waals surface area contributed by atoms with Gasteiger partial charge in [0.15, 0.2) is 6.20 Å². The van der Waals surface area contributed by atoms with Gasteiger partial charge in [0.25, 0.3) is 0 Å². The second-order valence-electron chi connectivity index (χ2n) is 11.0. The van der Waals surface area contributed by atoms with Gasteiger partial charge in [-0.25, -0.2) is 4.57 Å². The minimum absolute atomic E-state index is 0.525. The van der Waals surface area contributed by atoms with Crippen molar-refractivity contribution in [1.29, 1.82) is 0 Å². The van der Waals surface area contributed by atoms with Gasteiger partial charge >= 0.3 is 0 Å². The van der Waals surface area contributed by atoms with Gasteiger partial charge in [0.2, 0.25) is 5.69 Å². The lowest BCUT2D eigenvalue weighted by Gasteiger charge is -2.26. The molecule has 1 aromatic heterocycles. The highest BCUT2D eigenvalue weighted by Crippen LogP contribution is 2.51. The molecule has 0 unspecified atom stereocenters. The summed E-state index contributed by atoms with van der Waals surface area (Å²) in [7, 11) is 2.16. The molecule has 0 bridgehead atoms. The Morgan fingerprint density at radius 3 is 2.25 bits per heavy atom. The van der Waals surface area contributed by atoms with Crippen LogP contribution in [0.2, 0.25) is 0 Å². The third-order valence-corrected chi connectivity index (χ3v) is 7.70. The maximum Gasteiger partial charge on any atom is 0.228 e. The van der Waals surface area contributed by atoms with Crippen LogP contribution in [0.4, 0.5) is 0 Å². The third-order valence-electron chi connectivity index (χ3n) is 7.70. The highest BCUT2D eigenvalue weighted by atomic mass is 16.5. The topological polar surface area (TPSA) is 13.1 Å². The van der Waals surface area contributed by atoms with Crippen LogP contribution >= 0.6 is 0 Å². The second kappa shape index (κ2) is 8.48. The number of aromatic nitrogens is 1. The Hall–Kier alpha value is -3.65. The number of hydrogen-bond donors (Lipinski definition) is 0. The van der Waals surface area contributed by atoms with E-state index < -0.39 is 0 Å². The summed E-state index contributed by atoms with van der Waals surface area (Å²) in [5.41, 5.74) is 8.86. The molecule has 36 heavy (non-hydrogen) atoms. The highest BCUT2D eigenvalue weighted by molar-refractivity contribution is 6.07. The lowest BCUT2D eigenvalue weighted by Crippen LogP contribution is -2.32. The first-order valence-electron chi connectivity index (χ1n) is 13.1. The molecule has 0 aliphatic carbocycles. The standard InChI is InChI=1S/C34H34NO/c1-20(2)17-29-28-10-8-7-9-27(28)22(5)31-33-32-25(15-16-35(33)6)18-26(19-30(32)36-34(29)31)24-13-11-23(12-14-24)21(3)4/h7-16,18-21H,17H2,1-6H3/q+1. The molecule has 2 nitrogen and oxygen atoms in total. The van der Waals surface area contributed by atoms with Crippen molar-refractivity contribution in [3.63, 3.8) is 0 Å². The van der Waals surface area contributed by atoms with Gasteiger partial charge in [0.05, 0.1) is 10.9 Å². The Morgan fingerprint density at radius 2 is 1.56 bits per heavy atom. The SMILES string of the molecule is Cc1c2c(c(CC(C)C)c3ccccc13)Oc1cc(-c3ccc(C(C)C)cc3)cc3cc[n+](C)c-2c13. The normalized spacial score (nSPS) is 12.4. The molecule has 2 heteroatoms. The quantitative estimate of drug-likeness (QED) is 0.233. The summed E-state index contributed by atoms with van der Waals surface area (Å²) in [5.74, 6) is 3.04. The average Bonchev–Trinajstić information content (AvgIpc) is 2.87. The van der Waals surface area contributed by atoms with Crippen molar-refractivity contribution in [2.45, 2.75) is 47.0 Å². The first-order chi connectivity index (χ1) is 17.3. The van der Waals surface area contributed by atoms with Crippen molar-refractivity contribution >= 4 is 21.5 Å². The number of benzene rings is 4. The first-order valence-corrected chi connectivity index (χ1v) is 13.1. The van der Waals surface area contributed by atoms with E-state index in [9.17, 15) is 0 Å². The van der Waals surface area contributed by atoms with Gasteiger partial charge in [0.1, 0.15) is 18.5 Å². The summed E-state index contributed by atoms with van der Waals surface area (Å²) in [4.78, 5) is 0. The number of fused-ring (bicyclic) bond motifs is 3. The van der Waals surface area contributed by atoms with E-state index in [0.717, 1.165) is 17.9 Å². The Kier molecular flexibility index (Phi) is 5.37. The van der Waals surface area contributed by atoms with E-state index in [4.69, 9.17) is 4.74 Å². The van der Waals surface area contributed by atoms with Gasteiger partial charge in [0, 0.05) is 11.6 Å². The third kappa shape index (κ3) is 3.51. The van der Waals surface area contributed by atoms with Gasteiger partial charge in [-0.3, -0.25) is 0 Å². The van der Waals surface area contributed by atoms with Crippen LogP contribution in [0.1, 0.15) is 50.3 Å². The Bertz CT molecular complexity index is 1640. The van der Waals surface area contributed by atoms with Crippen LogP contribution < -0.4 is 9.30 Å². The molecule has 0 radical (unpaired) electrons. The molecule has 0 saturated carbocycles. The fraction of sp³-hybridized carbons (Fsp3) is 0.265. The zero-order valence-electron chi connectivity index (χ0n) is 22.1. The van der Waals surface area contributed by atoms with Crippen LogP contribution in [-0.4, -0.2) is 0 Å². The molecular formula is C34H34NO+. The van der Waals surface area contributed by atoms with E-state index in [-0.39, 0.29) is 0 Å². The number of aryl methyl sites for hydroxylation is 2. The maximum absolute atomic E-state index is 6.94. The van der Waals surface area contributed by atoms with Crippen molar-refractivity contribution in [2.75, 3.05) is 0 Å². The van der Waals surface area contributed by atoms with Gasteiger partial charge in [-0.05, 0) is 75.7 Å². The summed E-state index contributed by atoms with van der Waals surface area (Å²) in [5, 5.41) is 5.04. The minimum atomic E-state index is 0.525. The molecule has 0 N–H and O–H groups in total. The molecule has 5 aromatic rings. The number of rotatable bonds is 4. The van der Waals surface area contributed by atoms with Crippen LogP contribution in [-0.2, 0) is 13.5 Å².